The summed E-state index contributed by atoms with van der Waals surface area (Å²) in [6.07, 6.45) is 6.53. The number of carbonyl (C=O) groups is 1. The standard InChI is InChI=1S/C22H28N2O4S2/c1-4-28-21(25)19-17-9-7-5-6-8-10-18(17)30-20(19)24-22(29)23-14-11-15(26-2)13-16(12-14)27-3/h11-13H,4-10H2,1-3H3,(H2,23,24,29). The summed E-state index contributed by atoms with van der Waals surface area (Å²) in [5.74, 6) is 1.03. The van der Waals surface area contributed by atoms with E-state index in [2.05, 4.69) is 10.6 Å². The Morgan fingerprint density at radius 3 is 2.33 bits per heavy atom. The molecule has 0 amide bonds. The van der Waals surface area contributed by atoms with Crippen LogP contribution in [0.4, 0.5) is 10.7 Å². The van der Waals surface area contributed by atoms with Crippen molar-refractivity contribution in [1.29, 1.82) is 0 Å². The molecular formula is C22H28N2O4S2. The highest BCUT2D eigenvalue weighted by atomic mass is 32.1. The molecule has 0 radical (unpaired) electrons. The molecule has 8 heteroatoms. The number of benzene rings is 1. The molecule has 0 spiro atoms. The summed E-state index contributed by atoms with van der Waals surface area (Å²) in [6, 6.07) is 5.45. The van der Waals surface area contributed by atoms with Gasteiger partial charge < -0.3 is 24.8 Å². The lowest BCUT2D eigenvalue weighted by Gasteiger charge is -2.14. The Morgan fingerprint density at radius 2 is 1.70 bits per heavy atom. The number of methoxy groups -OCH3 is 2. The lowest BCUT2D eigenvalue weighted by Crippen LogP contribution is -2.20. The van der Waals surface area contributed by atoms with E-state index in [1.54, 1.807) is 31.6 Å². The summed E-state index contributed by atoms with van der Waals surface area (Å²) >= 11 is 7.14. The second-order valence-electron chi connectivity index (χ2n) is 7.02. The van der Waals surface area contributed by atoms with Gasteiger partial charge in [-0.05, 0) is 50.4 Å². The van der Waals surface area contributed by atoms with Crippen molar-refractivity contribution in [1.82, 2.24) is 0 Å². The Labute approximate surface area is 186 Å². The number of thiophene rings is 1. The van der Waals surface area contributed by atoms with Crippen molar-refractivity contribution in [2.45, 2.75) is 45.4 Å². The summed E-state index contributed by atoms with van der Waals surface area (Å²) in [5.41, 5.74) is 2.48. The topological polar surface area (TPSA) is 68.8 Å². The van der Waals surface area contributed by atoms with E-state index < -0.39 is 0 Å². The molecule has 1 aromatic heterocycles. The van der Waals surface area contributed by atoms with Gasteiger partial charge in [0.25, 0.3) is 0 Å². The minimum Gasteiger partial charge on any atom is -0.497 e. The highest BCUT2D eigenvalue weighted by Gasteiger charge is 2.25. The SMILES string of the molecule is CCOC(=O)c1c(NC(=S)Nc2cc(OC)cc(OC)c2)sc2c1CCCCCC2. The van der Waals surface area contributed by atoms with Crippen molar-refractivity contribution in [2.24, 2.45) is 0 Å². The summed E-state index contributed by atoms with van der Waals surface area (Å²) in [4.78, 5) is 14.0. The van der Waals surface area contributed by atoms with Crippen LogP contribution in [0.5, 0.6) is 11.5 Å². The minimum atomic E-state index is -0.288. The van der Waals surface area contributed by atoms with E-state index in [9.17, 15) is 4.79 Å². The number of fused-ring (bicyclic) bond motifs is 1. The Hall–Kier alpha value is -2.32. The van der Waals surface area contributed by atoms with Crippen molar-refractivity contribution in [3.8, 4) is 11.5 Å². The molecule has 30 heavy (non-hydrogen) atoms. The number of esters is 1. The third kappa shape index (κ3) is 5.43. The van der Waals surface area contributed by atoms with E-state index in [0.717, 1.165) is 41.9 Å². The average molecular weight is 449 g/mol. The van der Waals surface area contributed by atoms with Gasteiger partial charge in [0.05, 0.1) is 26.4 Å². The van der Waals surface area contributed by atoms with Crippen molar-refractivity contribution in [2.75, 3.05) is 31.5 Å². The van der Waals surface area contributed by atoms with Gasteiger partial charge in [0, 0.05) is 28.8 Å². The number of nitrogens with one attached hydrogen (secondary N) is 2. The molecule has 3 rings (SSSR count). The first-order valence-corrected chi connectivity index (χ1v) is 11.4. The molecule has 0 unspecified atom stereocenters. The molecule has 162 valence electrons. The van der Waals surface area contributed by atoms with Crippen LogP contribution in [0.3, 0.4) is 0 Å². The van der Waals surface area contributed by atoms with Crippen LogP contribution in [0.15, 0.2) is 18.2 Å². The highest BCUT2D eigenvalue weighted by Crippen LogP contribution is 2.38. The fraction of sp³-hybridized carbons (Fsp3) is 0.455. The van der Waals surface area contributed by atoms with Gasteiger partial charge in [-0.2, -0.15) is 0 Å². The van der Waals surface area contributed by atoms with Gasteiger partial charge in [0.1, 0.15) is 16.5 Å². The first-order valence-electron chi connectivity index (χ1n) is 10.2. The second-order valence-corrected chi connectivity index (χ2v) is 8.54. The molecule has 0 atom stereocenters. The summed E-state index contributed by atoms with van der Waals surface area (Å²) in [6.45, 7) is 2.17. The molecule has 0 bridgehead atoms. The smallest absolute Gasteiger partial charge is 0.341 e. The molecule has 1 aromatic carbocycles. The second kappa shape index (κ2) is 10.6. The largest absolute Gasteiger partial charge is 0.497 e. The molecule has 0 saturated heterocycles. The minimum absolute atomic E-state index is 0.288. The van der Waals surface area contributed by atoms with E-state index >= 15 is 0 Å². The first kappa shape index (κ1) is 22.4. The van der Waals surface area contributed by atoms with Crippen LogP contribution in [0.25, 0.3) is 0 Å². The number of ether oxygens (including phenoxy) is 3. The molecule has 6 nitrogen and oxygen atoms in total. The van der Waals surface area contributed by atoms with Gasteiger partial charge >= 0.3 is 5.97 Å². The van der Waals surface area contributed by atoms with E-state index in [-0.39, 0.29) is 5.97 Å². The Kier molecular flexibility index (Phi) is 7.93. The van der Waals surface area contributed by atoms with Crippen molar-refractivity contribution >= 4 is 45.3 Å². The molecule has 1 heterocycles. The third-order valence-corrected chi connectivity index (χ3v) is 6.40. The van der Waals surface area contributed by atoms with Crippen LogP contribution in [0, 0.1) is 0 Å². The predicted molar refractivity (Wildman–Crippen MR) is 126 cm³/mol. The molecule has 0 aliphatic heterocycles. The van der Waals surface area contributed by atoms with Gasteiger partial charge in [-0.1, -0.05) is 12.8 Å². The quantitative estimate of drug-likeness (QED) is 0.452. The fourth-order valence-electron chi connectivity index (χ4n) is 3.57. The van der Waals surface area contributed by atoms with Crippen LogP contribution >= 0.6 is 23.6 Å². The maximum absolute atomic E-state index is 12.8. The van der Waals surface area contributed by atoms with E-state index in [1.807, 2.05) is 19.1 Å². The van der Waals surface area contributed by atoms with Crippen LogP contribution in [0.2, 0.25) is 0 Å². The number of carbonyl (C=O) groups excluding carboxylic acids is 1. The van der Waals surface area contributed by atoms with Crippen LogP contribution in [-0.4, -0.2) is 31.9 Å². The average Bonchev–Trinajstić information content (AvgIpc) is 3.03. The zero-order chi connectivity index (χ0) is 21.5. The molecule has 1 aliphatic carbocycles. The van der Waals surface area contributed by atoms with Gasteiger partial charge in [0.2, 0.25) is 0 Å². The lowest BCUT2D eigenvalue weighted by molar-refractivity contribution is 0.0526. The number of hydrogen-bond acceptors (Lipinski definition) is 6. The molecule has 1 aliphatic rings. The molecule has 0 saturated carbocycles. The van der Waals surface area contributed by atoms with Gasteiger partial charge in [0.15, 0.2) is 5.11 Å². The summed E-state index contributed by atoms with van der Waals surface area (Å²) < 4.78 is 16.0. The Bertz CT molecular complexity index is 889. The van der Waals surface area contributed by atoms with Gasteiger partial charge in [-0.15, -0.1) is 11.3 Å². The summed E-state index contributed by atoms with van der Waals surface area (Å²) in [5, 5.41) is 7.52. The van der Waals surface area contributed by atoms with Crippen LogP contribution in [0.1, 0.15) is 53.4 Å². The highest BCUT2D eigenvalue weighted by molar-refractivity contribution is 7.80. The number of aryl methyl sites for hydroxylation is 1. The fourth-order valence-corrected chi connectivity index (χ4v) is 5.14. The lowest BCUT2D eigenvalue weighted by atomic mass is 9.96. The molecule has 2 aromatic rings. The molecule has 0 fully saturated rings. The Balaban J connectivity index is 1.85. The Morgan fingerprint density at radius 1 is 1.03 bits per heavy atom. The first-order chi connectivity index (χ1) is 14.5. The zero-order valence-corrected chi connectivity index (χ0v) is 19.3. The van der Waals surface area contributed by atoms with Gasteiger partial charge in [-0.3, -0.25) is 0 Å². The van der Waals surface area contributed by atoms with Crippen LogP contribution < -0.4 is 20.1 Å². The maximum atomic E-state index is 12.8. The number of rotatable bonds is 6. The summed E-state index contributed by atoms with van der Waals surface area (Å²) in [7, 11) is 3.20. The van der Waals surface area contributed by atoms with E-state index in [1.165, 1.54) is 17.7 Å². The maximum Gasteiger partial charge on any atom is 0.341 e. The molecular weight excluding hydrogens is 420 g/mol. The monoisotopic (exact) mass is 448 g/mol. The van der Waals surface area contributed by atoms with Crippen molar-refractivity contribution in [3.63, 3.8) is 0 Å². The zero-order valence-electron chi connectivity index (χ0n) is 17.6. The van der Waals surface area contributed by atoms with Gasteiger partial charge in [-0.25, -0.2) is 4.79 Å². The predicted octanol–water partition coefficient (Wildman–Crippen LogP) is 5.41. The number of thiocarbonyl (C=S) groups is 1. The van der Waals surface area contributed by atoms with E-state index in [4.69, 9.17) is 26.4 Å². The normalized spacial score (nSPS) is 13.4. The van der Waals surface area contributed by atoms with Crippen molar-refractivity contribution in [3.05, 3.63) is 34.2 Å². The molecule has 2 N–H and O–H groups in total. The van der Waals surface area contributed by atoms with Crippen LogP contribution in [-0.2, 0) is 17.6 Å². The van der Waals surface area contributed by atoms with Crippen molar-refractivity contribution < 1.29 is 19.0 Å². The number of anilines is 2. The third-order valence-electron chi connectivity index (χ3n) is 4.99. The number of hydrogen-bond donors (Lipinski definition) is 2. The van der Waals surface area contributed by atoms with E-state index in [0.29, 0.717) is 28.8 Å².